The van der Waals surface area contributed by atoms with E-state index in [9.17, 15) is 10.1 Å². The Morgan fingerprint density at radius 1 is 1.24 bits per heavy atom. The van der Waals surface area contributed by atoms with E-state index in [1.165, 1.54) is 0 Å². The van der Waals surface area contributed by atoms with Gasteiger partial charge in [0.2, 0.25) is 0 Å². The minimum atomic E-state index is -0.100. The molecule has 1 amide bonds. The molecule has 2 aromatic rings. The van der Waals surface area contributed by atoms with Crippen molar-refractivity contribution in [3.05, 3.63) is 59.7 Å². The lowest BCUT2D eigenvalue weighted by Gasteiger charge is -2.21. The fraction of sp³-hybridized carbons (Fsp3) is 0.300. The molecule has 2 aromatic carbocycles. The van der Waals surface area contributed by atoms with Crippen molar-refractivity contribution < 1.29 is 14.3 Å². The SMILES string of the molecule is CN(C[C@@H]1CCOC1)C(=O)c1ccccc1Oc1ccccc1C#N. The highest BCUT2D eigenvalue weighted by Gasteiger charge is 2.23. The molecular formula is C20H20N2O3. The van der Waals surface area contributed by atoms with Crippen molar-refractivity contribution >= 4 is 5.91 Å². The van der Waals surface area contributed by atoms with E-state index in [2.05, 4.69) is 6.07 Å². The van der Waals surface area contributed by atoms with Crippen LogP contribution in [0.25, 0.3) is 0 Å². The van der Waals surface area contributed by atoms with E-state index in [-0.39, 0.29) is 5.91 Å². The van der Waals surface area contributed by atoms with E-state index in [0.29, 0.717) is 41.7 Å². The van der Waals surface area contributed by atoms with Crippen molar-refractivity contribution in [2.24, 2.45) is 5.92 Å². The largest absolute Gasteiger partial charge is 0.455 e. The number of nitriles is 1. The average Bonchev–Trinajstić information content (AvgIpc) is 3.15. The molecule has 3 rings (SSSR count). The molecule has 5 nitrogen and oxygen atoms in total. The molecule has 0 spiro atoms. The summed E-state index contributed by atoms with van der Waals surface area (Å²) < 4.78 is 11.3. The Hall–Kier alpha value is -2.84. The Morgan fingerprint density at radius 3 is 2.68 bits per heavy atom. The molecule has 1 fully saturated rings. The van der Waals surface area contributed by atoms with Crippen LogP contribution in [-0.4, -0.2) is 37.6 Å². The van der Waals surface area contributed by atoms with Crippen LogP contribution < -0.4 is 4.74 Å². The van der Waals surface area contributed by atoms with Crippen molar-refractivity contribution in [2.45, 2.75) is 6.42 Å². The van der Waals surface area contributed by atoms with Crippen molar-refractivity contribution in [1.29, 1.82) is 5.26 Å². The molecule has 0 N–H and O–H groups in total. The third-order valence-corrected chi connectivity index (χ3v) is 4.25. The summed E-state index contributed by atoms with van der Waals surface area (Å²) in [7, 11) is 1.79. The number of hydrogen-bond donors (Lipinski definition) is 0. The Balaban J connectivity index is 1.80. The van der Waals surface area contributed by atoms with Gasteiger partial charge in [0.15, 0.2) is 0 Å². The van der Waals surface area contributed by atoms with Gasteiger partial charge in [-0.2, -0.15) is 5.26 Å². The highest BCUT2D eigenvalue weighted by molar-refractivity contribution is 5.96. The second kappa shape index (κ2) is 7.82. The topological polar surface area (TPSA) is 62.6 Å². The van der Waals surface area contributed by atoms with Gasteiger partial charge in [0.1, 0.15) is 17.6 Å². The molecule has 5 heteroatoms. The zero-order valence-corrected chi connectivity index (χ0v) is 14.1. The Kier molecular flexibility index (Phi) is 5.32. The summed E-state index contributed by atoms with van der Waals surface area (Å²) in [5.41, 5.74) is 0.915. The van der Waals surface area contributed by atoms with Crippen LogP contribution in [0, 0.1) is 17.2 Å². The maximum Gasteiger partial charge on any atom is 0.257 e. The minimum absolute atomic E-state index is 0.100. The summed E-state index contributed by atoms with van der Waals surface area (Å²) in [5, 5.41) is 9.21. The number of carbonyl (C=O) groups is 1. The number of hydrogen-bond acceptors (Lipinski definition) is 4. The average molecular weight is 336 g/mol. The van der Waals surface area contributed by atoms with Gasteiger partial charge >= 0.3 is 0 Å². The lowest BCUT2D eigenvalue weighted by molar-refractivity contribution is 0.0763. The number of rotatable bonds is 5. The van der Waals surface area contributed by atoms with Crippen LogP contribution >= 0.6 is 0 Å². The Morgan fingerprint density at radius 2 is 1.96 bits per heavy atom. The maximum absolute atomic E-state index is 12.8. The zero-order chi connectivity index (χ0) is 17.6. The second-order valence-electron chi connectivity index (χ2n) is 6.12. The number of amides is 1. The minimum Gasteiger partial charge on any atom is -0.455 e. The molecule has 1 atom stereocenters. The predicted octanol–water partition coefficient (Wildman–Crippen LogP) is 3.46. The van der Waals surface area contributed by atoms with E-state index in [1.807, 2.05) is 12.1 Å². The van der Waals surface area contributed by atoms with Crippen molar-refractivity contribution in [2.75, 3.05) is 26.8 Å². The van der Waals surface area contributed by atoms with Gasteiger partial charge in [0.05, 0.1) is 17.7 Å². The fourth-order valence-corrected chi connectivity index (χ4v) is 2.90. The van der Waals surface area contributed by atoms with Crippen LogP contribution in [0.15, 0.2) is 48.5 Å². The van der Waals surface area contributed by atoms with Gasteiger partial charge in [-0.1, -0.05) is 24.3 Å². The molecule has 128 valence electrons. The van der Waals surface area contributed by atoms with Crippen LogP contribution in [0.5, 0.6) is 11.5 Å². The molecular weight excluding hydrogens is 316 g/mol. The van der Waals surface area contributed by atoms with Crippen LogP contribution in [0.2, 0.25) is 0 Å². The standard InChI is InChI=1S/C20H20N2O3/c1-22(13-15-10-11-24-14-15)20(23)17-7-3-5-9-19(17)25-18-8-4-2-6-16(18)12-21/h2-9,15H,10-11,13-14H2,1H3/t15-/m0/s1. The van der Waals surface area contributed by atoms with Crippen LogP contribution in [0.3, 0.4) is 0 Å². The predicted molar refractivity (Wildman–Crippen MR) is 93.6 cm³/mol. The summed E-state index contributed by atoms with van der Waals surface area (Å²) in [6.45, 7) is 2.12. The van der Waals surface area contributed by atoms with Gasteiger partial charge in [-0.05, 0) is 30.7 Å². The second-order valence-corrected chi connectivity index (χ2v) is 6.12. The van der Waals surface area contributed by atoms with E-state index < -0.39 is 0 Å². The number of benzene rings is 2. The first-order chi connectivity index (χ1) is 12.2. The first-order valence-corrected chi connectivity index (χ1v) is 8.28. The van der Waals surface area contributed by atoms with E-state index in [4.69, 9.17) is 9.47 Å². The van der Waals surface area contributed by atoms with Crippen molar-refractivity contribution in [1.82, 2.24) is 4.90 Å². The summed E-state index contributed by atoms with van der Waals surface area (Å²) in [6.07, 6.45) is 0.977. The van der Waals surface area contributed by atoms with Gasteiger partial charge < -0.3 is 14.4 Å². The van der Waals surface area contributed by atoms with Gasteiger partial charge in [-0.3, -0.25) is 4.79 Å². The smallest absolute Gasteiger partial charge is 0.257 e. The molecule has 25 heavy (non-hydrogen) atoms. The molecule has 0 unspecified atom stereocenters. The first-order valence-electron chi connectivity index (χ1n) is 8.28. The fourth-order valence-electron chi connectivity index (χ4n) is 2.90. The van der Waals surface area contributed by atoms with Gasteiger partial charge in [0, 0.05) is 26.1 Å². The zero-order valence-electron chi connectivity index (χ0n) is 14.1. The van der Waals surface area contributed by atoms with Crippen molar-refractivity contribution in [3.63, 3.8) is 0 Å². The molecule has 0 aromatic heterocycles. The molecule has 1 aliphatic heterocycles. The lowest BCUT2D eigenvalue weighted by atomic mass is 10.1. The van der Waals surface area contributed by atoms with Crippen LogP contribution in [-0.2, 0) is 4.74 Å². The summed E-state index contributed by atoms with van der Waals surface area (Å²) in [5.74, 6) is 1.17. The van der Waals surface area contributed by atoms with Crippen molar-refractivity contribution in [3.8, 4) is 17.6 Å². The molecule has 0 bridgehead atoms. The normalized spacial score (nSPS) is 16.2. The van der Waals surface area contributed by atoms with E-state index in [1.54, 1.807) is 48.3 Å². The monoisotopic (exact) mass is 336 g/mol. The first kappa shape index (κ1) is 17.0. The Labute approximate surface area is 147 Å². The molecule has 0 aliphatic carbocycles. The van der Waals surface area contributed by atoms with Gasteiger partial charge in [-0.25, -0.2) is 0 Å². The number of para-hydroxylation sites is 2. The van der Waals surface area contributed by atoms with Crippen LogP contribution in [0.4, 0.5) is 0 Å². The van der Waals surface area contributed by atoms with Crippen LogP contribution in [0.1, 0.15) is 22.3 Å². The lowest BCUT2D eigenvalue weighted by Crippen LogP contribution is -2.32. The summed E-state index contributed by atoms with van der Waals surface area (Å²) in [6, 6.07) is 16.2. The van der Waals surface area contributed by atoms with E-state index >= 15 is 0 Å². The molecule has 1 saturated heterocycles. The third-order valence-electron chi connectivity index (χ3n) is 4.25. The molecule has 1 aliphatic rings. The number of carbonyl (C=O) groups excluding carboxylic acids is 1. The summed E-state index contributed by atoms with van der Waals surface area (Å²) >= 11 is 0. The molecule has 0 saturated carbocycles. The van der Waals surface area contributed by atoms with E-state index in [0.717, 1.165) is 13.0 Å². The maximum atomic E-state index is 12.8. The molecule has 1 heterocycles. The van der Waals surface area contributed by atoms with Gasteiger partial charge in [-0.15, -0.1) is 0 Å². The number of ether oxygens (including phenoxy) is 2. The summed E-state index contributed by atoms with van der Waals surface area (Å²) in [4.78, 5) is 14.5. The Bertz CT molecular complexity index is 792. The quantitative estimate of drug-likeness (QED) is 0.839. The highest BCUT2D eigenvalue weighted by Crippen LogP contribution is 2.28. The highest BCUT2D eigenvalue weighted by atomic mass is 16.5. The third kappa shape index (κ3) is 3.98. The molecule has 0 radical (unpaired) electrons. The van der Waals surface area contributed by atoms with Gasteiger partial charge in [0.25, 0.3) is 5.91 Å². The number of nitrogens with zero attached hydrogens (tertiary/aromatic N) is 2.